The van der Waals surface area contributed by atoms with E-state index in [-0.39, 0.29) is 5.56 Å². The molecule has 0 aliphatic rings. The number of aromatic nitrogens is 2. The van der Waals surface area contributed by atoms with Crippen molar-refractivity contribution >= 4 is 0 Å². The Labute approximate surface area is 94.2 Å². The predicted molar refractivity (Wildman–Crippen MR) is 64.5 cm³/mol. The van der Waals surface area contributed by atoms with E-state index in [0.29, 0.717) is 0 Å². The van der Waals surface area contributed by atoms with E-state index in [1.807, 2.05) is 13.8 Å². The molecule has 2 rings (SSSR count). The van der Waals surface area contributed by atoms with Gasteiger partial charge >= 0.3 is 0 Å². The Kier molecular flexibility index (Phi) is 2.60. The van der Waals surface area contributed by atoms with E-state index in [2.05, 4.69) is 29.0 Å². The normalized spacial score (nSPS) is 10.4. The SMILES string of the molecule is Cc1cc(C)c(-c2cncc(=O)[nH]2)c(C)c1. The first kappa shape index (κ1) is 10.6. The zero-order chi connectivity index (χ0) is 11.7. The molecule has 0 aliphatic carbocycles. The van der Waals surface area contributed by atoms with Crippen LogP contribution in [0.15, 0.2) is 29.3 Å². The van der Waals surface area contributed by atoms with Crippen LogP contribution in [0.2, 0.25) is 0 Å². The summed E-state index contributed by atoms with van der Waals surface area (Å²) < 4.78 is 0. The lowest BCUT2D eigenvalue weighted by atomic mass is 9.98. The fourth-order valence-electron chi connectivity index (χ4n) is 2.11. The lowest BCUT2D eigenvalue weighted by Gasteiger charge is -2.10. The van der Waals surface area contributed by atoms with Crippen LogP contribution in [0.5, 0.6) is 0 Å². The van der Waals surface area contributed by atoms with Crippen molar-refractivity contribution in [3.05, 3.63) is 51.6 Å². The quantitative estimate of drug-likeness (QED) is 0.792. The highest BCUT2D eigenvalue weighted by molar-refractivity contribution is 5.67. The van der Waals surface area contributed by atoms with Gasteiger partial charge in [0.15, 0.2) is 0 Å². The first-order valence-electron chi connectivity index (χ1n) is 5.20. The standard InChI is InChI=1S/C13H14N2O/c1-8-4-9(2)13(10(3)5-8)11-6-14-7-12(16)15-11/h4-7H,1-3H3,(H,15,16). The van der Waals surface area contributed by atoms with Gasteiger partial charge in [-0.05, 0) is 31.9 Å². The Bertz CT molecular complexity index is 561. The summed E-state index contributed by atoms with van der Waals surface area (Å²) >= 11 is 0. The minimum absolute atomic E-state index is 0.170. The maximum Gasteiger partial charge on any atom is 0.266 e. The summed E-state index contributed by atoms with van der Waals surface area (Å²) in [5.74, 6) is 0. The maximum absolute atomic E-state index is 11.2. The molecule has 0 radical (unpaired) electrons. The van der Waals surface area contributed by atoms with Gasteiger partial charge in [0.05, 0.1) is 18.1 Å². The van der Waals surface area contributed by atoms with E-state index in [1.165, 1.54) is 11.8 Å². The summed E-state index contributed by atoms with van der Waals surface area (Å²) in [6.45, 7) is 6.15. The van der Waals surface area contributed by atoms with E-state index in [9.17, 15) is 4.79 Å². The fraction of sp³-hybridized carbons (Fsp3) is 0.231. The lowest BCUT2D eigenvalue weighted by molar-refractivity contribution is 1.13. The van der Waals surface area contributed by atoms with Gasteiger partial charge < -0.3 is 4.98 Å². The third kappa shape index (κ3) is 1.89. The number of hydrogen-bond donors (Lipinski definition) is 1. The molecule has 0 atom stereocenters. The molecule has 2 aromatic rings. The first-order chi connectivity index (χ1) is 7.58. The Hall–Kier alpha value is -1.90. The summed E-state index contributed by atoms with van der Waals surface area (Å²) in [7, 11) is 0. The Morgan fingerprint density at radius 1 is 1.06 bits per heavy atom. The number of H-pyrrole nitrogens is 1. The summed E-state index contributed by atoms with van der Waals surface area (Å²) in [6.07, 6.45) is 2.97. The van der Waals surface area contributed by atoms with Gasteiger partial charge in [-0.1, -0.05) is 17.7 Å². The van der Waals surface area contributed by atoms with Gasteiger partial charge in [-0.3, -0.25) is 9.78 Å². The lowest BCUT2D eigenvalue weighted by Crippen LogP contribution is -2.07. The molecule has 0 spiro atoms. The molecule has 1 aromatic carbocycles. The minimum atomic E-state index is -0.170. The van der Waals surface area contributed by atoms with Crippen LogP contribution in [0.25, 0.3) is 11.3 Å². The van der Waals surface area contributed by atoms with E-state index < -0.39 is 0 Å². The average Bonchev–Trinajstić information content (AvgIpc) is 2.15. The number of rotatable bonds is 1. The molecule has 1 aromatic heterocycles. The highest BCUT2D eigenvalue weighted by Crippen LogP contribution is 2.25. The van der Waals surface area contributed by atoms with Gasteiger partial charge in [-0.15, -0.1) is 0 Å². The molecule has 0 unspecified atom stereocenters. The van der Waals surface area contributed by atoms with Gasteiger partial charge in [0.1, 0.15) is 0 Å². The van der Waals surface area contributed by atoms with Crippen molar-refractivity contribution in [1.82, 2.24) is 9.97 Å². The van der Waals surface area contributed by atoms with Crippen molar-refractivity contribution in [2.45, 2.75) is 20.8 Å². The smallest absolute Gasteiger partial charge is 0.266 e. The number of nitrogens with one attached hydrogen (secondary N) is 1. The second-order valence-electron chi connectivity index (χ2n) is 4.08. The molecule has 0 fully saturated rings. The van der Waals surface area contributed by atoms with Gasteiger partial charge in [-0.2, -0.15) is 0 Å². The van der Waals surface area contributed by atoms with Crippen LogP contribution in [0.1, 0.15) is 16.7 Å². The second-order valence-corrected chi connectivity index (χ2v) is 4.08. The van der Waals surface area contributed by atoms with E-state index in [1.54, 1.807) is 6.20 Å². The summed E-state index contributed by atoms with van der Waals surface area (Å²) in [5, 5.41) is 0. The Morgan fingerprint density at radius 2 is 1.69 bits per heavy atom. The Balaban J connectivity index is 2.69. The van der Waals surface area contributed by atoms with Crippen molar-refractivity contribution in [2.24, 2.45) is 0 Å². The Morgan fingerprint density at radius 3 is 2.25 bits per heavy atom. The van der Waals surface area contributed by atoms with Crippen LogP contribution in [-0.2, 0) is 0 Å². The highest BCUT2D eigenvalue weighted by Gasteiger charge is 2.07. The van der Waals surface area contributed by atoms with Gasteiger partial charge in [-0.25, -0.2) is 0 Å². The molecule has 0 saturated heterocycles. The van der Waals surface area contributed by atoms with Crippen LogP contribution < -0.4 is 5.56 Å². The molecule has 0 bridgehead atoms. The zero-order valence-corrected chi connectivity index (χ0v) is 9.66. The number of benzene rings is 1. The number of aryl methyl sites for hydroxylation is 3. The number of nitrogens with zero attached hydrogens (tertiary/aromatic N) is 1. The van der Waals surface area contributed by atoms with Crippen molar-refractivity contribution in [3.8, 4) is 11.3 Å². The van der Waals surface area contributed by atoms with Crippen LogP contribution >= 0.6 is 0 Å². The van der Waals surface area contributed by atoms with E-state index in [4.69, 9.17) is 0 Å². The van der Waals surface area contributed by atoms with Crippen LogP contribution in [0.4, 0.5) is 0 Å². The monoisotopic (exact) mass is 214 g/mol. The van der Waals surface area contributed by atoms with E-state index in [0.717, 1.165) is 22.4 Å². The molecular weight excluding hydrogens is 200 g/mol. The molecule has 82 valence electrons. The third-order valence-electron chi connectivity index (χ3n) is 2.60. The molecular formula is C13H14N2O. The van der Waals surface area contributed by atoms with Crippen molar-refractivity contribution < 1.29 is 0 Å². The molecule has 16 heavy (non-hydrogen) atoms. The van der Waals surface area contributed by atoms with E-state index >= 15 is 0 Å². The second kappa shape index (κ2) is 3.93. The third-order valence-corrected chi connectivity index (χ3v) is 2.60. The minimum Gasteiger partial charge on any atom is -0.319 e. The molecule has 3 nitrogen and oxygen atoms in total. The van der Waals surface area contributed by atoms with Crippen LogP contribution in [0.3, 0.4) is 0 Å². The van der Waals surface area contributed by atoms with Crippen LogP contribution in [-0.4, -0.2) is 9.97 Å². The van der Waals surface area contributed by atoms with Crippen molar-refractivity contribution in [2.75, 3.05) is 0 Å². The molecule has 1 heterocycles. The fourth-order valence-corrected chi connectivity index (χ4v) is 2.11. The molecule has 3 heteroatoms. The van der Waals surface area contributed by atoms with Crippen molar-refractivity contribution in [3.63, 3.8) is 0 Å². The molecule has 0 aliphatic heterocycles. The maximum atomic E-state index is 11.2. The summed E-state index contributed by atoms with van der Waals surface area (Å²) in [5.41, 5.74) is 5.21. The van der Waals surface area contributed by atoms with Gasteiger partial charge in [0.2, 0.25) is 0 Å². The largest absolute Gasteiger partial charge is 0.319 e. The number of aromatic amines is 1. The highest BCUT2D eigenvalue weighted by atomic mass is 16.1. The van der Waals surface area contributed by atoms with Crippen molar-refractivity contribution in [1.29, 1.82) is 0 Å². The number of hydrogen-bond acceptors (Lipinski definition) is 2. The van der Waals surface area contributed by atoms with Gasteiger partial charge in [0.25, 0.3) is 5.56 Å². The van der Waals surface area contributed by atoms with Gasteiger partial charge in [0, 0.05) is 5.56 Å². The molecule has 0 amide bonds. The summed E-state index contributed by atoms with van der Waals surface area (Å²) in [6, 6.07) is 4.21. The van der Waals surface area contributed by atoms with Crippen LogP contribution in [0, 0.1) is 20.8 Å². The zero-order valence-electron chi connectivity index (χ0n) is 9.66. The summed E-state index contributed by atoms with van der Waals surface area (Å²) in [4.78, 5) is 18.0. The molecule has 0 saturated carbocycles. The predicted octanol–water partition coefficient (Wildman–Crippen LogP) is 2.36. The molecule has 1 N–H and O–H groups in total. The average molecular weight is 214 g/mol. The first-order valence-corrected chi connectivity index (χ1v) is 5.20. The topological polar surface area (TPSA) is 45.8 Å².